The third-order valence-corrected chi connectivity index (χ3v) is 3.47. The maximum Gasteiger partial charge on any atom is 0.293 e. The average molecular weight is 315 g/mol. The molecule has 0 bridgehead atoms. The first-order valence-corrected chi connectivity index (χ1v) is 6.48. The number of nitro groups is 1. The van der Waals surface area contributed by atoms with Gasteiger partial charge in [-0.3, -0.25) is 14.9 Å². The molecular formula is C13H19ClN4O3. The Bertz CT molecular complexity index is 561. The number of aryl methyl sites for hydroxylation is 1. The first-order valence-electron chi connectivity index (χ1n) is 6.48. The molecular weight excluding hydrogens is 296 g/mol. The Balaban J connectivity index is 0.00000220. The van der Waals surface area contributed by atoms with Crippen molar-refractivity contribution in [3.8, 4) is 0 Å². The molecule has 8 heteroatoms. The molecule has 1 fully saturated rings. The molecule has 1 aromatic carbocycles. The number of nitrogens with one attached hydrogen (secondary N) is 1. The number of halogens is 1. The van der Waals surface area contributed by atoms with E-state index in [-0.39, 0.29) is 35.4 Å². The summed E-state index contributed by atoms with van der Waals surface area (Å²) in [5.74, 6) is 0.0462. The van der Waals surface area contributed by atoms with Crippen molar-refractivity contribution in [2.24, 2.45) is 11.7 Å². The molecule has 0 spiro atoms. The van der Waals surface area contributed by atoms with Gasteiger partial charge in [0, 0.05) is 18.7 Å². The summed E-state index contributed by atoms with van der Waals surface area (Å²) in [5.41, 5.74) is 12.0. The normalized spacial score (nSPS) is 15.0. The maximum absolute atomic E-state index is 12.1. The van der Waals surface area contributed by atoms with Crippen molar-refractivity contribution in [1.29, 1.82) is 0 Å². The molecule has 1 atom stereocenters. The number of anilines is 1. The summed E-state index contributed by atoms with van der Waals surface area (Å²) in [6.07, 6.45) is 2.18. The minimum atomic E-state index is -0.588. The number of carbonyl (C=O) groups is 1. The van der Waals surface area contributed by atoms with E-state index in [1.807, 2.05) is 0 Å². The van der Waals surface area contributed by atoms with Gasteiger partial charge in [0.15, 0.2) is 0 Å². The standard InChI is InChI=1S/C13H18N4O3.ClH/c1-7-4-9(12(15)11(5-7)17(19)20)13(18)16-6-10(14)8-2-3-8;/h4-5,8,10H,2-3,6,14-15H2,1H3,(H,16,18);1H. The molecule has 1 unspecified atom stereocenters. The number of amides is 1. The fourth-order valence-corrected chi connectivity index (χ4v) is 2.11. The van der Waals surface area contributed by atoms with Gasteiger partial charge >= 0.3 is 0 Å². The van der Waals surface area contributed by atoms with E-state index >= 15 is 0 Å². The van der Waals surface area contributed by atoms with E-state index in [1.165, 1.54) is 6.07 Å². The summed E-state index contributed by atoms with van der Waals surface area (Å²) >= 11 is 0. The molecule has 0 heterocycles. The van der Waals surface area contributed by atoms with Crippen LogP contribution >= 0.6 is 12.4 Å². The number of rotatable bonds is 5. The highest BCUT2D eigenvalue weighted by atomic mass is 35.5. The summed E-state index contributed by atoms with van der Waals surface area (Å²) in [7, 11) is 0. The molecule has 1 aliphatic carbocycles. The largest absolute Gasteiger partial charge is 0.393 e. The van der Waals surface area contributed by atoms with E-state index in [0.717, 1.165) is 12.8 Å². The molecule has 0 saturated heterocycles. The number of nitrogens with two attached hydrogens (primary N) is 2. The third-order valence-electron chi connectivity index (χ3n) is 3.47. The summed E-state index contributed by atoms with van der Waals surface area (Å²) in [6, 6.07) is 2.82. The van der Waals surface area contributed by atoms with E-state index in [1.54, 1.807) is 13.0 Å². The lowest BCUT2D eigenvalue weighted by Crippen LogP contribution is -2.38. The molecule has 7 nitrogen and oxygen atoms in total. The predicted molar refractivity (Wildman–Crippen MR) is 82.5 cm³/mol. The number of nitrogens with zero attached hydrogens (tertiary/aromatic N) is 1. The molecule has 2 rings (SSSR count). The van der Waals surface area contributed by atoms with Crippen LogP contribution in [0.2, 0.25) is 0 Å². The first-order chi connectivity index (χ1) is 9.40. The lowest BCUT2D eigenvalue weighted by atomic mass is 10.1. The second-order valence-corrected chi connectivity index (χ2v) is 5.21. The highest BCUT2D eigenvalue weighted by Gasteiger charge is 2.29. The smallest absolute Gasteiger partial charge is 0.293 e. The zero-order valence-corrected chi connectivity index (χ0v) is 12.5. The summed E-state index contributed by atoms with van der Waals surface area (Å²) in [4.78, 5) is 22.4. The lowest BCUT2D eigenvalue weighted by molar-refractivity contribution is -0.384. The van der Waals surface area contributed by atoms with Crippen LogP contribution in [-0.2, 0) is 0 Å². The average Bonchev–Trinajstić information content (AvgIpc) is 3.21. The monoisotopic (exact) mass is 314 g/mol. The molecule has 1 aromatic rings. The molecule has 21 heavy (non-hydrogen) atoms. The summed E-state index contributed by atoms with van der Waals surface area (Å²) in [5, 5.41) is 13.6. The van der Waals surface area contributed by atoms with Gasteiger partial charge in [0.2, 0.25) is 0 Å². The number of nitrogen functional groups attached to an aromatic ring is 1. The highest BCUT2D eigenvalue weighted by molar-refractivity contribution is 6.01. The van der Waals surface area contributed by atoms with E-state index in [2.05, 4.69) is 5.32 Å². The van der Waals surface area contributed by atoms with Crippen LogP contribution in [0.15, 0.2) is 12.1 Å². The second kappa shape index (κ2) is 6.73. The van der Waals surface area contributed by atoms with Gasteiger partial charge in [-0.05, 0) is 37.3 Å². The Kier molecular flexibility index (Phi) is 5.51. The van der Waals surface area contributed by atoms with Gasteiger partial charge in [-0.2, -0.15) is 0 Å². The topological polar surface area (TPSA) is 124 Å². The number of benzene rings is 1. The molecule has 1 saturated carbocycles. The van der Waals surface area contributed by atoms with Crippen molar-refractivity contribution in [2.75, 3.05) is 12.3 Å². The summed E-state index contributed by atoms with van der Waals surface area (Å²) < 4.78 is 0. The Hall–Kier alpha value is -1.86. The highest BCUT2D eigenvalue weighted by Crippen LogP contribution is 2.31. The molecule has 0 radical (unpaired) electrons. The minimum absolute atomic E-state index is 0. The lowest BCUT2D eigenvalue weighted by Gasteiger charge is -2.13. The van der Waals surface area contributed by atoms with E-state index in [9.17, 15) is 14.9 Å². The van der Waals surface area contributed by atoms with Gasteiger partial charge in [-0.25, -0.2) is 0 Å². The Labute approximate surface area is 128 Å². The molecule has 1 aliphatic rings. The quantitative estimate of drug-likeness (QED) is 0.430. The summed E-state index contributed by atoms with van der Waals surface area (Å²) in [6.45, 7) is 2.03. The molecule has 116 valence electrons. The van der Waals surface area contributed by atoms with Gasteiger partial charge in [-0.1, -0.05) is 0 Å². The molecule has 0 aromatic heterocycles. The molecule has 1 amide bonds. The Morgan fingerprint density at radius 1 is 1.52 bits per heavy atom. The maximum atomic E-state index is 12.1. The predicted octanol–water partition coefficient (Wildman–Crippen LogP) is 1.37. The van der Waals surface area contributed by atoms with Crippen molar-refractivity contribution in [3.63, 3.8) is 0 Å². The van der Waals surface area contributed by atoms with Crippen LogP contribution in [0.5, 0.6) is 0 Å². The van der Waals surface area contributed by atoms with Crippen molar-refractivity contribution < 1.29 is 9.72 Å². The number of nitro benzene ring substituents is 1. The second-order valence-electron chi connectivity index (χ2n) is 5.21. The van der Waals surface area contributed by atoms with Crippen molar-refractivity contribution in [1.82, 2.24) is 5.32 Å². The van der Waals surface area contributed by atoms with Crippen molar-refractivity contribution in [2.45, 2.75) is 25.8 Å². The van der Waals surface area contributed by atoms with Crippen LogP contribution in [0.3, 0.4) is 0 Å². The van der Waals surface area contributed by atoms with Gasteiger partial charge in [-0.15, -0.1) is 12.4 Å². The van der Waals surface area contributed by atoms with E-state index in [0.29, 0.717) is 18.0 Å². The van der Waals surface area contributed by atoms with Crippen molar-refractivity contribution in [3.05, 3.63) is 33.4 Å². The fraction of sp³-hybridized carbons (Fsp3) is 0.462. The van der Waals surface area contributed by atoms with Crippen LogP contribution in [-0.4, -0.2) is 23.4 Å². The zero-order chi connectivity index (χ0) is 14.9. The van der Waals surface area contributed by atoms with Crippen LogP contribution in [0.1, 0.15) is 28.8 Å². The van der Waals surface area contributed by atoms with E-state index in [4.69, 9.17) is 11.5 Å². The minimum Gasteiger partial charge on any atom is -0.393 e. The van der Waals surface area contributed by atoms with Crippen LogP contribution < -0.4 is 16.8 Å². The Morgan fingerprint density at radius 2 is 2.14 bits per heavy atom. The number of hydrogen-bond acceptors (Lipinski definition) is 5. The van der Waals surface area contributed by atoms with Gasteiger partial charge in [0.1, 0.15) is 5.69 Å². The van der Waals surface area contributed by atoms with Gasteiger partial charge in [0.25, 0.3) is 11.6 Å². The Morgan fingerprint density at radius 3 is 2.67 bits per heavy atom. The first kappa shape index (κ1) is 17.2. The third kappa shape index (κ3) is 4.05. The molecule has 0 aliphatic heterocycles. The van der Waals surface area contributed by atoms with Crippen LogP contribution in [0.25, 0.3) is 0 Å². The van der Waals surface area contributed by atoms with Crippen LogP contribution in [0.4, 0.5) is 11.4 Å². The zero-order valence-electron chi connectivity index (χ0n) is 11.7. The number of hydrogen-bond donors (Lipinski definition) is 3. The van der Waals surface area contributed by atoms with Gasteiger partial charge < -0.3 is 16.8 Å². The van der Waals surface area contributed by atoms with E-state index < -0.39 is 10.8 Å². The van der Waals surface area contributed by atoms with Crippen LogP contribution in [0, 0.1) is 23.0 Å². The molecule has 5 N–H and O–H groups in total. The number of carbonyl (C=O) groups excluding carboxylic acids is 1. The fourth-order valence-electron chi connectivity index (χ4n) is 2.11. The van der Waals surface area contributed by atoms with Gasteiger partial charge in [0.05, 0.1) is 10.5 Å². The van der Waals surface area contributed by atoms with Crippen molar-refractivity contribution >= 4 is 29.7 Å². The SMILES string of the molecule is Cc1cc(C(=O)NCC(N)C2CC2)c(N)c([N+](=O)[O-])c1.Cl.